The van der Waals surface area contributed by atoms with Gasteiger partial charge in [0.1, 0.15) is 0 Å². The van der Waals surface area contributed by atoms with Crippen LogP contribution in [0.2, 0.25) is 0 Å². The monoisotopic (exact) mass is 350 g/mol. The molecule has 2 aromatic rings. The third kappa shape index (κ3) is 5.77. The van der Waals surface area contributed by atoms with Gasteiger partial charge in [0, 0.05) is 32.5 Å². The van der Waals surface area contributed by atoms with Crippen LogP contribution in [0.4, 0.5) is 13.2 Å². The Balaban J connectivity index is 1.81. The number of benzene rings is 1. The first-order chi connectivity index (χ1) is 11.9. The highest BCUT2D eigenvalue weighted by molar-refractivity contribution is 5.79. The number of nitrogens with one attached hydrogen (secondary N) is 2. The molecule has 4 nitrogen and oxygen atoms in total. The second-order valence-corrected chi connectivity index (χ2v) is 5.60. The van der Waals surface area contributed by atoms with Crippen molar-refractivity contribution in [2.45, 2.75) is 26.1 Å². The van der Waals surface area contributed by atoms with Crippen LogP contribution in [0.5, 0.6) is 0 Å². The first-order valence-electron chi connectivity index (χ1n) is 7.90. The van der Waals surface area contributed by atoms with Gasteiger partial charge in [0.15, 0.2) is 5.96 Å². The van der Waals surface area contributed by atoms with Crippen LogP contribution in [-0.4, -0.2) is 24.5 Å². The average molecular weight is 350 g/mol. The van der Waals surface area contributed by atoms with E-state index in [1.807, 2.05) is 19.2 Å². The Labute approximate surface area is 145 Å². The van der Waals surface area contributed by atoms with Gasteiger partial charge in [0.05, 0.1) is 5.56 Å². The van der Waals surface area contributed by atoms with Crippen molar-refractivity contribution in [1.82, 2.24) is 15.6 Å². The predicted octanol–water partition coefficient (Wildman–Crippen LogP) is 3.32. The number of hydrogen-bond acceptors (Lipinski definition) is 2. The molecule has 0 aliphatic rings. The van der Waals surface area contributed by atoms with Gasteiger partial charge in [-0.3, -0.25) is 9.98 Å². The fraction of sp³-hybridized carbons (Fsp3) is 0.333. The molecule has 7 heteroatoms. The highest BCUT2D eigenvalue weighted by Gasteiger charge is 2.29. The first kappa shape index (κ1) is 18.8. The first-order valence-corrected chi connectivity index (χ1v) is 7.90. The van der Waals surface area contributed by atoms with E-state index in [1.165, 1.54) is 17.7 Å². The third-order valence-corrected chi connectivity index (χ3v) is 3.79. The van der Waals surface area contributed by atoms with E-state index in [0.717, 1.165) is 29.7 Å². The van der Waals surface area contributed by atoms with Crippen LogP contribution >= 0.6 is 0 Å². The standard InChI is InChI=1S/C18H21F3N4/c1-13-11-23-9-7-15(13)8-10-24-17(22-2)25-12-14-3-5-16(6-4-14)18(19,20)21/h3-7,9,11H,8,10,12H2,1-2H3,(H2,22,24,25). The number of aromatic nitrogens is 1. The van der Waals surface area contributed by atoms with Gasteiger partial charge in [-0.05, 0) is 48.2 Å². The molecule has 0 amide bonds. The van der Waals surface area contributed by atoms with Crippen LogP contribution in [0.15, 0.2) is 47.7 Å². The second-order valence-electron chi connectivity index (χ2n) is 5.60. The lowest BCUT2D eigenvalue weighted by molar-refractivity contribution is -0.137. The molecule has 1 heterocycles. The molecule has 25 heavy (non-hydrogen) atoms. The number of aryl methyl sites for hydroxylation is 1. The molecule has 0 fully saturated rings. The molecule has 0 radical (unpaired) electrons. The number of nitrogens with zero attached hydrogens (tertiary/aromatic N) is 2. The normalized spacial score (nSPS) is 12.1. The van der Waals surface area contributed by atoms with Crippen molar-refractivity contribution >= 4 is 5.96 Å². The highest BCUT2D eigenvalue weighted by Crippen LogP contribution is 2.28. The molecule has 2 N–H and O–H groups in total. The summed E-state index contributed by atoms with van der Waals surface area (Å²) < 4.78 is 37.6. The molecule has 0 bridgehead atoms. The molecular weight excluding hydrogens is 329 g/mol. The van der Waals surface area contributed by atoms with E-state index in [-0.39, 0.29) is 0 Å². The summed E-state index contributed by atoms with van der Waals surface area (Å²) in [6.07, 6.45) is 0.108. The number of aliphatic imine (C=N–C) groups is 1. The molecule has 0 atom stereocenters. The van der Waals surface area contributed by atoms with E-state index in [0.29, 0.717) is 19.0 Å². The summed E-state index contributed by atoms with van der Waals surface area (Å²) in [6, 6.07) is 7.07. The van der Waals surface area contributed by atoms with Gasteiger partial charge in [-0.25, -0.2) is 0 Å². The number of rotatable bonds is 5. The zero-order valence-corrected chi connectivity index (χ0v) is 14.2. The lowest BCUT2D eigenvalue weighted by atomic mass is 10.1. The van der Waals surface area contributed by atoms with Gasteiger partial charge in [-0.15, -0.1) is 0 Å². The van der Waals surface area contributed by atoms with E-state index in [1.54, 1.807) is 13.2 Å². The molecule has 0 spiro atoms. The largest absolute Gasteiger partial charge is 0.416 e. The van der Waals surface area contributed by atoms with Crippen molar-refractivity contribution < 1.29 is 13.2 Å². The SMILES string of the molecule is CN=C(NCCc1ccncc1C)NCc1ccc(C(F)(F)F)cc1. The number of pyridine rings is 1. The average Bonchev–Trinajstić information content (AvgIpc) is 2.59. The van der Waals surface area contributed by atoms with E-state index >= 15 is 0 Å². The van der Waals surface area contributed by atoms with E-state index in [2.05, 4.69) is 20.6 Å². The Hall–Kier alpha value is -2.57. The fourth-order valence-corrected chi connectivity index (χ4v) is 2.32. The number of hydrogen-bond donors (Lipinski definition) is 2. The minimum Gasteiger partial charge on any atom is -0.356 e. The van der Waals surface area contributed by atoms with Crippen molar-refractivity contribution in [1.29, 1.82) is 0 Å². The maximum Gasteiger partial charge on any atom is 0.416 e. The van der Waals surface area contributed by atoms with E-state index in [9.17, 15) is 13.2 Å². The van der Waals surface area contributed by atoms with Gasteiger partial charge in [0.25, 0.3) is 0 Å². The van der Waals surface area contributed by atoms with Crippen molar-refractivity contribution in [2.75, 3.05) is 13.6 Å². The van der Waals surface area contributed by atoms with Gasteiger partial charge >= 0.3 is 6.18 Å². The zero-order valence-electron chi connectivity index (χ0n) is 14.2. The molecule has 1 aromatic carbocycles. The topological polar surface area (TPSA) is 49.3 Å². The van der Waals surface area contributed by atoms with E-state index < -0.39 is 11.7 Å². The molecule has 0 saturated carbocycles. The summed E-state index contributed by atoms with van der Waals surface area (Å²) >= 11 is 0. The summed E-state index contributed by atoms with van der Waals surface area (Å²) in [5.74, 6) is 0.603. The van der Waals surface area contributed by atoms with Crippen LogP contribution in [0.3, 0.4) is 0 Å². The van der Waals surface area contributed by atoms with Gasteiger partial charge < -0.3 is 10.6 Å². The quantitative estimate of drug-likeness (QED) is 0.642. The van der Waals surface area contributed by atoms with Crippen LogP contribution in [-0.2, 0) is 19.1 Å². The molecule has 0 aliphatic heterocycles. The maximum absolute atomic E-state index is 12.5. The van der Waals surface area contributed by atoms with E-state index in [4.69, 9.17) is 0 Å². The summed E-state index contributed by atoms with van der Waals surface area (Å²) in [6.45, 7) is 3.10. The maximum atomic E-state index is 12.5. The zero-order chi connectivity index (χ0) is 18.3. The Morgan fingerprint density at radius 1 is 1.12 bits per heavy atom. The molecule has 1 aromatic heterocycles. The molecule has 0 saturated heterocycles. The number of guanidine groups is 1. The minimum absolute atomic E-state index is 0.395. The predicted molar refractivity (Wildman–Crippen MR) is 92.3 cm³/mol. The number of halogens is 3. The minimum atomic E-state index is -4.31. The molecule has 0 aliphatic carbocycles. The summed E-state index contributed by atoms with van der Waals surface area (Å²) in [7, 11) is 1.65. The lowest BCUT2D eigenvalue weighted by Crippen LogP contribution is -2.37. The summed E-state index contributed by atoms with van der Waals surface area (Å²) in [5.41, 5.74) is 2.45. The molecule has 2 rings (SSSR count). The van der Waals surface area contributed by atoms with Gasteiger partial charge in [-0.1, -0.05) is 12.1 Å². The van der Waals surface area contributed by atoms with Crippen LogP contribution in [0.1, 0.15) is 22.3 Å². The summed E-state index contributed by atoms with van der Waals surface area (Å²) in [5, 5.41) is 6.28. The Morgan fingerprint density at radius 3 is 2.44 bits per heavy atom. The van der Waals surface area contributed by atoms with Crippen LogP contribution < -0.4 is 10.6 Å². The van der Waals surface area contributed by atoms with Gasteiger partial charge in [-0.2, -0.15) is 13.2 Å². The van der Waals surface area contributed by atoms with Crippen LogP contribution in [0, 0.1) is 6.92 Å². The highest BCUT2D eigenvalue weighted by atomic mass is 19.4. The fourth-order valence-electron chi connectivity index (χ4n) is 2.32. The van der Waals surface area contributed by atoms with Crippen molar-refractivity contribution in [2.24, 2.45) is 4.99 Å². The molecule has 0 unspecified atom stereocenters. The molecular formula is C18H21F3N4. The Bertz CT molecular complexity index is 709. The Kier molecular flexibility index (Phi) is 6.38. The lowest BCUT2D eigenvalue weighted by Gasteiger charge is -2.13. The number of alkyl halides is 3. The molecule has 134 valence electrons. The van der Waals surface area contributed by atoms with Crippen molar-refractivity contribution in [3.05, 3.63) is 65.0 Å². The Morgan fingerprint density at radius 2 is 1.84 bits per heavy atom. The van der Waals surface area contributed by atoms with Crippen molar-refractivity contribution in [3.8, 4) is 0 Å². The second kappa shape index (κ2) is 8.50. The third-order valence-electron chi connectivity index (χ3n) is 3.79. The summed E-state index contributed by atoms with van der Waals surface area (Å²) in [4.78, 5) is 8.18. The van der Waals surface area contributed by atoms with Crippen LogP contribution in [0.25, 0.3) is 0 Å². The van der Waals surface area contributed by atoms with Gasteiger partial charge in [0.2, 0.25) is 0 Å². The smallest absolute Gasteiger partial charge is 0.356 e. The van der Waals surface area contributed by atoms with Crippen molar-refractivity contribution in [3.63, 3.8) is 0 Å².